The van der Waals surface area contributed by atoms with Gasteiger partial charge in [-0.1, -0.05) is 0 Å². The van der Waals surface area contributed by atoms with Crippen LogP contribution in [0.2, 0.25) is 0 Å². The molecule has 2 rings (SSSR count). The van der Waals surface area contributed by atoms with Crippen molar-refractivity contribution in [2.45, 2.75) is 12.8 Å². The molecule has 1 aliphatic heterocycles. The highest BCUT2D eigenvalue weighted by Crippen LogP contribution is 2.16. The minimum Gasteiger partial charge on any atom is -0.381 e. The molecule has 1 N–H and O–H groups in total. The third-order valence-corrected chi connectivity index (χ3v) is 2.74. The third-order valence-electron chi connectivity index (χ3n) is 2.74. The highest BCUT2D eigenvalue weighted by molar-refractivity contribution is 5.91. The van der Waals surface area contributed by atoms with Gasteiger partial charge >= 0.3 is 0 Å². The van der Waals surface area contributed by atoms with Crippen LogP contribution in [0.4, 0.5) is 5.82 Å². The average Bonchev–Trinajstić information content (AvgIpc) is 2.40. The number of anilines is 1. The standard InChI is InChI=1S/C12H13N3O2/c13-7-9-1-2-11(14-8-9)15-12(16)10-3-5-17-6-4-10/h1-2,8,10H,3-6H2,(H,14,15,16). The molecule has 0 saturated carbocycles. The van der Waals surface area contributed by atoms with Gasteiger partial charge in [-0.2, -0.15) is 5.26 Å². The maximum absolute atomic E-state index is 11.9. The molecule has 1 aromatic rings. The van der Waals surface area contributed by atoms with Gasteiger partial charge in [-0.15, -0.1) is 0 Å². The lowest BCUT2D eigenvalue weighted by Gasteiger charge is -2.20. The molecule has 1 aromatic heterocycles. The largest absolute Gasteiger partial charge is 0.381 e. The maximum Gasteiger partial charge on any atom is 0.228 e. The van der Waals surface area contributed by atoms with Gasteiger partial charge in [0.25, 0.3) is 0 Å². The lowest BCUT2D eigenvalue weighted by molar-refractivity contribution is -0.122. The Labute approximate surface area is 99.4 Å². The number of ether oxygens (including phenoxy) is 1. The van der Waals surface area contributed by atoms with Gasteiger partial charge < -0.3 is 10.1 Å². The van der Waals surface area contributed by atoms with Crippen LogP contribution in [0.1, 0.15) is 18.4 Å². The molecule has 88 valence electrons. The number of amides is 1. The van der Waals surface area contributed by atoms with Gasteiger partial charge in [0.2, 0.25) is 5.91 Å². The molecule has 0 aromatic carbocycles. The van der Waals surface area contributed by atoms with E-state index in [1.54, 1.807) is 12.1 Å². The Kier molecular flexibility index (Phi) is 3.68. The smallest absolute Gasteiger partial charge is 0.228 e. The van der Waals surface area contributed by atoms with Gasteiger partial charge in [0.05, 0.1) is 5.56 Å². The van der Waals surface area contributed by atoms with Crippen molar-refractivity contribution in [1.29, 1.82) is 5.26 Å². The van der Waals surface area contributed by atoms with Crippen LogP contribution >= 0.6 is 0 Å². The Bertz CT molecular complexity index is 430. The lowest BCUT2D eigenvalue weighted by Crippen LogP contribution is -2.28. The van der Waals surface area contributed by atoms with Crippen molar-refractivity contribution in [2.75, 3.05) is 18.5 Å². The summed E-state index contributed by atoms with van der Waals surface area (Å²) in [4.78, 5) is 15.8. The first kappa shape index (κ1) is 11.6. The second-order valence-electron chi connectivity index (χ2n) is 3.92. The quantitative estimate of drug-likeness (QED) is 0.832. The van der Waals surface area contributed by atoms with Crippen LogP contribution in [0.3, 0.4) is 0 Å². The van der Waals surface area contributed by atoms with Gasteiger partial charge in [-0.25, -0.2) is 4.98 Å². The molecule has 1 aliphatic rings. The van der Waals surface area contributed by atoms with Crippen molar-refractivity contribution in [2.24, 2.45) is 5.92 Å². The van der Waals surface area contributed by atoms with E-state index in [9.17, 15) is 4.79 Å². The zero-order chi connectivity index (χ0) is 12.1. The normalized spacial score (nSPS) is 16.2. The first-order valence-electron chi connectivity index (χ1n) is 5.54. The highest BCUT2D eigenvalue weighted by Gasteiger charge is 2.21. The monoisotopic (exact) mass is 231 g/mol. The van der Waals surface area contributed by atoms with Crippen LogP contribution < -0.4 is 5.32 Å². The predicted molar refractivity (Wildman–Crippen MR) is 61.1 cm³/mol. The summed E-state index contributed by atoms with van der Waals surface area (Å²) in [5.74, 6) is 0.465. The molecule has 0 unspecified atom stereocenters. The van der Waals surface area contributed by atoms with Crippen molar-refractivity contribution < 1.29 is 9.53 Å². The summed E-state index contributed by atoms with van der Waals surface area (Å²) in [6.45, 7) is 1.28. The fourth-order valence-corrected chi connectivity index (χ4v) is 1.72. The molecule has 2 heterocycles. The van der Waals surface area contributed by atoms with Crippen molar-refractivity contribution >= 4 is 11.7 Å². The first-order valence-corrected chi connectivity index (χ1v) is 5.54. The number of carbonyl (C=O) groups excluding carboxylic acids is 1. The van der Waals surface area contributed by atoms with E-state index in [2.05, 4.69) is 10.3 Å². The Morgan fingerprint density at radius 1 is 1.47 bits per heavy atom. The van der Waals surface area contributed by atoms with Crippen LogP contribution in [0.5, 0.6) is 0 Å². The first-order chi connectivity index (χ1) is 8.29. The minimum atomic E-state index is -0.0227. The lowest BCUT2D eigenvalue weighted by atomic mass is 9.99. The molecule has 1 fully saturated rings. The molecule has 0 spiro atoms. The summed E-state index contributed by atoms with van der Waals surface area (Å²) >= 11 is 0. The Morgan fingerprint density at radius 3 is 2.82 bits per heavy atom. The van der Waals surface area contributed by atoms with Gasteiger partial charge in [0, 0.05) is 25.3 Å². The van der Waals surface area contributed by atoms with E-state index in [4.69, 9.17) is 10.00 Å². The molecule has 0 aliphatic carbocycles. The molecular weight excluding hydrogens is 218 g/mol. The number of nitrogens with one attached hydrogen (secondary N) is 1. The number of aromatic nitrogens is 1. The summed E-state index contributed by atoms with van der Waals surface area (Å²) in [5.41, 5.74) is 0.481. The summed E-state index contributed by atoms with van der Waals surface area (Å²) in [7, 11) is 0. The van der Waals surface area contributed by atoms with E-state index in [-0.39, 0.29) is 11.8 Å². The third kappa shape index (κ3) is 3.02. The Morgan fingerprint density at radius 2 is 2.24 bits per heavy atom. The summed E-state index contributed by atoms with van der Waals surface area (Å²) in [6.07, 6.45) is 2.95. The van der Waals surface area contributed by atoms with Gasteiger partial charge in [-0.05, 0) is 25.0 Å². The van der Waals surface area contributed by atoms with Crippen LogP contribution in [0.15, 0.2) is 18.3 Å². The molecule has 1 saturated heterocycles. The molecule has 0 radical (unpaired) electrons. The maximum atomic E-state index is 11.9. The fraction of sp³-hybridized carbons (Fsp3) is 0.417. The van der Waals surface area contributed by atoms with Crippen molar-refractivity contribution in [3.8, 4) is 6.07 Å². The molecule has 5 heteroatoms. The number of hydrogen-bond acceptors (Lipinski definition) is 4. The predicted octanol–water partition coefficient (Wildman–Crippen LogP) is 1.32. The van der Waals surface area contributed by atoms with Crippen molar-refractivity contribution in [3.63, 3.8) is 0 Å². The number of pyridine rings is 1. The number of nitriles is 1. The molecule has 0 atom stereocenters. The van der Waals surface area contributed by atoms with E-state index in [1.165, 1.54) is 6.20 Å². The zero-order valence-electron chi connectivity index (χ0n) is 9.35. The number of hydrogen-bond donors (Lipinski definition) is 1. The van der Waals surface area contributed by atoms with Crippen LogP contribution in [0, 0.1) is 17.2 Å². The van der Waals surface area contributed by atoms with Gasteiger partial charge in [0.1, 0.15) is 11.9 Å². The zero-order valence-corrected chi connectivity index (χ0v) is 9.35. The topological polar surface area (TPSA) is 75.0 Å². The number of carbonyl (C=O) groups is 1. The Hall–Kier alpha value is -1.93. The SMILES string of the molecule is N#Cc1ccc(NC(=O)C2CCOCC2)nc1. The summed E-state index contributed by atoms with van der Waals surface area (Å²) in [6, 6.07) is 5.25. The van der Waals surface area contributed by atoms with E-state index in [0.717, 1.165) is 12.8 Å². The molecule has 17 heavy (non-hydrogen) atoms. The highest BCUT2D eigenvalue weighted by atomic mass is 16.5. The number of rotatable bonds is 2. The molecule has 5 nitrogen and oxygen atoms in total. The second-order valence-corrected chi connectivity index (χ2v) is 3.92. The van der Waals surface area contributed by atoms with E-state index < -0.39 is 0 Å². The van der Waals surface area contributed by atoms with E-state index in [1.807, 2.05) is 6.07 Å². The van der Waals surface area contributed by atoms with Crippen LogP contribution in [-0.2, 0) is 9.53 Å². The minimum absolute atomic E-state index is 0.00110. The molecule has 1 amide bonds. The molecular formula is C12H13N3O2. The van der Waals surface area contributed by atoms with Crippen LogP contribution in [-0.4, -0.2) is 24.1 Å². The Balaban J connectivity index is 1.95. The van der Waals surface area contributed by atoms with Crippen molar-refractivity contribution in [1.82, 2.24) is 4.98 Å². The van der Waals surface area contributed by atoms with Crippen LogP contribution in [0.25, 0.3) is 0 Å². The molecule has 0 bridgehead atoms. The fourth-order valence-electron chi connectivity index (χ4n) is 1.72. The van der Waals surface area contributed by atoms with E-state index in [0.29, 0.717) is 24.6 Å². The van der Waals surface area contributed by atoms with Gasteiger partial charge in [-0.3, -0.25) is 4.79 Å². The summed E-state index contributed by atoms with van der Waals surface area (Å²) < 4.78 is 5.20. The van der Waals surface area contributed by atoms with Crippen molar-refractivity contribution in [3.05, 3.63) is 23.9 Å². The average molecular weight is 231 g/mol. The van der Waals surface area contributed by atoms with E-state index >= 15 is 0 Å². The van der Waals surface area contributed by atoms with Gasteiger partial charge in [0.15, 0.2) is 0 Å². The number of nitrogens with zero attached hydrogens (tertiary/aromatic N) is 2. The second kappa shape index (κ2) is 5.41. The summed E-state index contributed by atoms with van der Waals surface area (Å²) in [5, 5.41) is 11.4.